The van der Waals surface area contributed by atoms with Crippen molar-refractivity contribution in [1.82, 2.24) is 25.2 Å². The minimum Gasteiger partial charge on any atom is -0.491 e. The molecule has 2 aromatic rings. The number of pyridine rings is 1. The van der Waals surface area contributed by atoms with E-state index < -0.39 is 74.7 Å². The number of amides is 4. The second-order valence-corrected chi connectivity index (χ2v) is 16.8. The van der Waals surface area contributed by atoms with Crippen LogP contribution in [0.5, 0.6) is 11.6 Å². The number of carboxylic acid groups (broad SMARTS) is 1. The van der Waals surface area contributed by atoms with Gasteiger partial charge in [0, 0.05) is 23.9 Å². The first-order valence-corrected chi connectivity index (χ1v) is 19.3. The predicted octanol–water partition coefficient (Wildman–Crippen LogP) is 3.50. The summed E-state index contributed by atoms with van der Waals surface area (Å²) in [7, 11) is -3.90. The third-order valence-electron chi connectivity index (χ3n) is 10.2. The van der Waals surface area contributed by atoms with Gasteiger partial charge in [-0.2, -0.15) is 0 Å². The number of sulfonamides is 1. The Bertz CT molecular complexity index is 1830. The molecule has 6 rings (SSSR count). The molecule has 15 heteroatoms. The van der Waals surface area contributed by atoms with Crippen molar-refractivity contribution in [1.29, 1.82) is 0 Å². The molecule has 3 fully saturated rings. The fraction of sp³-hybridized carbons (Fsp3) is 0.583. The van der Waals surface area contributed by atoms with Gasteiger partial charge in [-0.15, -0.1) is 0 Å². The third kappa shape index (κ3) is 8.08. The number of hydrogen-bond acceptors (Lipinski definition) is 9. The molecule has 0 spiro atoms. The summed E-state index contributed by atoms with van der Waals surface area (Å²) in [5.74, 6) is -1.79. The first kappa shape index (κ1) is 36.4. The number of aromatic nitrogens is 1. The summed E-state index contributed by atoms with van der Waals surface area (Å²) in [5.41, 5.74) is -1.52. The topological polar surface area (TPSA) is 193 Å². The molecule has 0 bridgehead atoms. The molecule has 51 heavy (non-hydrogen) atoms. The van der Waals surface area contributed by atoms with E-state index in [1.54, 1.807) is 6.20 Å². The van der Waals surface area contributed by atoms with Crippen molar-refractivity contribution in [3.05, 3.63) is 42.6 Å². The number of nitrogens with one attached hydrogen (secondary N) is 3. The Labute approximate surface area is 297 Å². The quantitative estimate of drug-likeness (QED) is 0.293. The summed E-state index contributed by atoms with van der Waals surface area (Å²) in [5, 5.41) is 15.9. The van der Waals surface area contributed by atoms with E-state index in [1.165, 1.54) is 4.90 Å². The van der Waals surface area contributed by atoms with Crippen LogP contribution in [-0.2, 0) is 24.4 Å². The zero-order chi connectivity index (χ0) is 36.7. The molecule has 3 heterocycles. The average Bonchev–Trinajstić information content (AvgIpc) is 3.98. The Morgan fingerprint density at radius 2 is 1.88 bits per heavy atom. The van der Waals surface area contributed by atoms with E-state index in [1.807, 2.05) is 64.1 Å². The van der Waals surface area contributed by atoms with Gasteiger partial charge in [0.25, 0.3) is 5.91 Å². The van der Waals surface area contributed by atoms with Gasteiger partial charge in [-0.3, -0.25) is 19.1 Å². The number of carbonyl (C=O) groups excluding carboxylic acids is 3. The van der Waals surface area contributed by atoms with Gasteiger partial charge < -0.3 is 30.1 Å². The summed E-state index contributed by atoms with van der Waals surface area (Å²) in [6.07, 6.45) is 6.36. The number of ether oxygens (including phenoxy) is 2. The first-order chi connectivity index (χ1) is 24.2. The lowest BCUT2D eigenvalue weighted by molar-refractivity contribution is -0.142. The highest BCUT2D eigenvalue weighted by Gasteiger charge is 2.62. The lowest BCUT2D eigenvalue weighted by Gasteiger charge is -2.32. The van der Waals surface area contributed by atoms with E-state index >= 15 is 0 Å². The zero-order valence-electron chi connectivity index (χ0n) is 29.3. The molecule has 0 unspecified atom stereocenters. The summed E-state index contributed by atoms with van der Waals surface area (Å²) in [6, 6.07) is 5.04. The van der Waals surface area contributed by atoms with E-state index in [9.17, 15) is 32.7 Å². The van der Waals surface area contributed by atoms with Gasteiger partial charge in [-0.25, -0.2) is 18.2 Å². The maximum absolute atomic E-state index is 14.3. The molecule has 2 saturated carbocycles. The van der Waals surface area contributed by atoms with E-state index in [-0.39, 0.29) is 31.4 Å². The van der Waals surface area contributed by atoms with Crippen LogP contribution in [0, 0.1) is 17.8 Å². The molecule has 4 N–H and O–H groups in total. The van der Waals surface area contributed by atoms with Crippen molar-refractivity contribution in [2.24, 2.45) is 17.8 Å². The fourth-order valence-corrected chi connectivity index (χ4v) is 8.72. The van der Waals surface area contributed by atoms with Crippen molar-refractivity contribution in [2.75, 3.05) is 6.54 Å². The number of benzene rings is 1. The van der Waals surface area contributed by atoms with Gasteiger partial charge in [0.05, 0.1) is 17.9 Å². The Hall–Kier alpha value is -4.40. The lowest BCUT2D eigenvalue weighted by Crippen LogP contribution is -2.59. The predicted molar refractivity (Wildman–Crippen MR) is 187 cm³/mol. The van der Waals surface area contributed by atoms with Crippen LogP contribution in [0.15, 0.2) is 42.6 Å². The van der Waals surface area contributed by atoms with Crippen LogP contribution >= 0.6 is 0 Å². The van der Waals surface area contributed by atoms with Crippen LogP contribution in [0.25, 0.3) is 10.8 Å². The normalized spacial score (nSPS) is 30.0. The Morgan fingerprint density at radius 3 is 2.59 bits per heavy atom. The molecule has 4 amide bonds. The van der Waals surface area contributed by atoms with Gasteiger partial charge in [0.15, 0.2) is 0 Å². The Balaban J connectivity index is 1.32. The van der Waals surface area contributed by atoms with Crippen molar-refractivity contribution in [3.8, 4) is 11.6 Å². The second kappa shape index (κ2) is 14.3. The Kier molecular flexibility index (Phi) is 10.2. The lowest BCUT2D eigenvalue weighted by atomic mass is 9.88. The van der Waals surface area contributed by atoms with Crippen molar-refractivity contribution >= 4 is 44.6 Å². The molecule has 7 atom stereocenters. The van der Waals surface area contributed by atoms with Crippen LogP contribution in [0.2, 0.25) is 0 Å². The van der Waals surface area contributed by atoms with Crippen molar-refractivity contribution in [3.63, 3.8) is 0 Å². The van der Waals surface area contributed by atoms with Gasteiger partial charge in [-0.05, 0) is 93.9 Å². The minimum absolute atomic E-state index is 0.0203. The highest BCUT2D eigenvalue weighted by Crippen LogP contribution is 2.46. The SMILES string of the molecule is CC(C)Oc1ccc2c(O[C@@H]3C[C@H]4C(=O)N[C@]5(C(=O)NS(=O)(=O)C6CC6)C[C@H]5C=CCC[C@H](C)C[C@@H](C)[C@H](NC(=O)O)C(=O)N4C3)nccc2c1. The molecule has 2 aliphatic carbocycles. The highest BCUT2D eigenvalue weighted by atomic mass is 32.2. The van der Waals surface area contributed by atoms with E-state index in [4.69, 9.17) is 9.47 Å². The fourth-order valence-electron chi connectivity index (χ4n) is 7.36. The molecule has 2 aliphatic heterocycles. The molecule has 276 valence electrons. The van der Waals surface area contributed by atoms with Gasteiger partial charge >= 0.3 is 6.09 Å². The number of carbonyl (C=O) groups is 4. The highest BCUT2D eigenvalue weighted by molar-refractivity contribution is 7.91. The van der Waals surface area contributed by atoms with E-state index in [0.717, 1.165) is 11.8 Å². The molecule has 4 aliphatic rings. The molecule has 1 aromatic heterocycles. The number of hydrogen-bond donors (Lipinski definition) is 4. The van der Waals surface area contributed by atoms with E-state index in [0.29, 0.717) is 42.7 Å². The molecule has 14 nitrogen and oxygen atoms in total. The van der Waals surface area contributed by atoms with Crippen LogP contribution in [0.4, 0.5) is 4.79 Å². The standard InChI is InChI=1S/C36H47N5O9S/c1-20(2)49-25-9-12-28-23(16-25)13-14-37-32(28)50-26-17-29-31(42)39-36(34(44)40-51(47,48)27-10-11-27)18-24(36)8-6-5-7-21(3)15-22(4)30(38-35(45)46)33(43)41(29)19-26/h6,8-9,12-14,16,20-22,24,26-27,29-30,38H,5,7,10-11,15,17-19H2,1-4H3,(H,39,42)(H,40,44)(H,45,46)/t21-,22+,24+,26+,29-,30-,36+/m0/s1. The van der Waals surface area contributed by atoms with Gasteiger partial charge in [0.2, 0.25) is 27.7 Å². The minimum atomic E-state index is -3.90. The summed E-state index contributed by atoms with van der Waals surface area (Å²) >= 11 is 0. The van der Waals surface area contributed by atoms with E-state index in [2.05, 4.69) is 20.3 Å². The first-order valence-electron chi connectivity index (χ1n) is 17.7. The van der Waals surface area contributed by atoms with Crippen LogP contribution in [0.1, 0.15) is 72.6 Å². The monoisotopic (exact) mass is 725 g/mol. The number of fused-ring (bicyclic) bond motifs is 3. The number of allylic oxidation sites excluding steroid dienone is 1. The average molecular weight is 726 g/mol. The Morgan fingerprint density at radius 1 is 1.12 bits per heavy atom. The maximum Gasteiger partial charge on any atom is 0.405 e. The van der Waals surface area contributed by atoms with Gasteiger partial charge in [-0.1, -0.05) is 26.0 Å². The number of nitrogens with zero attached hydrogens (tertiary/aromatic N) is 2. The van der Waals surface area contributed by atoms with Crippen molar-refractivity contribution < 1.29 is 42.2 Å². The molecular weight excluding hydrogens is 678 g/mol. The largest absolute Gasteiger partial charge is 0.491 e. The van der Waals surface area contributed by atoms with Gasteiger partial charge in [0.1, 0.15) is 29.5 Å². The third-order valence-corrected chi connectivity index (χ3v) is 12.1. The summed E-state index contributed by atoms with van der Waals surface area (Å²) in [4.78, 5) is 60.0. The molecular formula is C36H47N5O9S. The molecule has 1 saturated heterocycles. The summed E-state index contributed by atoms with van der Waals surface area (Å²) < 4.78 is 40.0. The van der Waals surface area contributed by atoms with Crippen LogP contribution in [-0.4, -0.2) is 88.8 Å². The summed E-state index contributed by atoms with van der Waals surface area (Å²) in [6.45, 7) is 7.66. The van der Waals surface area contributed by atoms with Crippen molar-refractivity contribution in [2.45, 2.75) is 108 Å². The molecule has 0 radical (unpaired) electrons. The maximum atomic E-state index is 14.3. The number of rotatable bonds is 8. The zero-order valence-corrected chi connectivity index (χ0v) is 30.1. The molecule has 1 aromatic carbocycles. The second-order valence-electron chi connectivity index (χ2n) is 14.8. The smallest absolute Gasteiger partial charge is 0.405 e. The van der Waals surface area contributed by atoms with Crippen LogP contribution < -0.4 is 24.8 Å². The van der Waals surface area contributed by atoms with Crippen LogP contribution in [0.3, 0.4) is 0 Å².